The van der Waals surface area contributed by atoms with Gasteiger partial charge in [0.25, 0.3) is 0 Å². The number of aliphatic hydroxyl groups is 4. The van der Waals surface area contributed by atoms with E-state index in [-0.39, 0.29) is 115 Å². The van der Waals surface area contributed by atoms with Crippen molar-refractivity contribution in [2.75, 3.05) is 21.3 Å². The van der Waals surface area contributed by atoms with E-state index >= 15 is 0 Å². The van der Waals surface area contributed by atoms with E-state index in [9.17, 15) is 34.2 Å². The topological polar surface area (TPSA) is 310 Å². The van der Waals surface area contributed by atoms with E-state index in [2.05, 4.69) is 21.3 Å². The summed E-state index contributed by atoms with van der Waals surface area (Å²) in [4.78, 5) is 56.8. The number of ether oxygens (including phenoxy) is 5. The van der Waals surface area contributed by atoms with Crippen LogP contribution in [0.2, 0.25) is 0 Å². The van der Waals surface area contributed by atoms with Crippen LogP contribution in [0.25, 0.3) is 0 Å². The molecular weight excluding hydrogens is 1030 g/mol. The zero-order chi connectivity index (χ0) is 55.7. The number of esters is 2. The number of carbonyl (C=O) groups is 5. The van der Waals surface area contributed by atoms with Crippen molar-refractivity contribution in [1.29, 1.82) is 0 Å². The number of alkyl carbamates (subject to hydrolysis) is 3. The molecule has 0 aromatic heterocycles. The summed E-state index contributed by atoms with van der Waals surface area (Å²) < 4.78 is 26.0. The van der Waals surface area contributed by atoms with E-state index in [4.69, 9.17) is 44.7 Å². The van der Waals surface area contributed by atoms with Crippen molar-refractivity contribution in [3.63, 3.8) is 0 Å². The average molecular weight is 1130 g/mol. The maximum atomic E-state index is 11.7. The number of carbonyl (C=O) groups excluding carboxylic acids is 5. The molecule has 75 heavy (non-hydrogen) atoms. The molecule has 0 radical (unpaired) electrons. The fourth-order valence-electron chi connectivity index (χ4n) is 8.48. The van der Waals surface area contributed by atoms with Gasteiger partial charge in [0.2, 0.25) is 0 Å². The van der Waals surface area contributed by atoms with Crippen molar-refractivity contribution in [3.8, 4) is 0 Å². The monoisotopic (exact) mass is 1130 g/mol. The zero-order valence-electron chi connectivity index (χ0n) is 48.6. The van der Waals surface area contributed by atoms with Gasteiger partial charge in [-0.05, 0) is 146 Å². The van der Waals surface area contributed by atoms with Crippen LogP contribution in [0.1, 0.15) is 205 Å². The van der Waals surface area contributed by atoms with Crippen LogP contribution in [0.15, 0.2) is 0 Å². The molecule has 442 valence electrons. The Morgan fingerprint density at radius 1 is 0.453 bits per heavy atom. The first-order valence-electron chi connectivity index (χ1n) is 26.2. The second-order valence-electron chi connectivity index (χ2n) is 21.7. The normalized spacial score (nSPS) is 25.9. The van der Waals surface area contributed by atoms with Gasteiger partial charge in [0.1, 0.15) is 29.0 Å². The molecule has 5 saturated carbocycles. The number of nitrogens with one attached hydrogen (secondary N) is 4. The predicted octanol–water partition coefficient (Wildman–Crippen LogP) is 3.78. The molecule has 5 aliphatic carbocycles. The Morgan fingerprint density at radius 3 is 0.947 bits per heavy atom. The SMILES string of the molecule is CC(=O)O[C@@H]1CCCC[C@H]1NC(=O)OC(C)(C)C.CC(=O)O[C@H]1CCCC[C@@H]1NC(=O)OC(C)(C)C.CC(C)(C)OC(=O)N[C@@H]1CCCC[C@H]1O.CN[C@H]1CCCC[C@@H]1O.CO.C[O-].Cl.Cl.N[C@@H]1CCCC[C@H]1O.[Na+]. The minimum Gasteiger partial charge on any atom is -0.857 e. The van der Waals surface area contributed by atoms with Crippen molar-refractivity contribution in [2.45, 2.75) is 282 Å². The molecule has 5 fully saturated rings. The van der Waals surface area contributed by atoms with Gasteiger partial charge in [-0.1, -0.05) is 51.4 Å². The molecule has 0 heterocycles. The molecule has 10 atom stereocenters. The molecule has 0 spiro atoms. The molecular formula is C52H104Cl2N5NaO15. The van der Waals surface area contributed by atoms with E-state index in [1.807, 2.05) is 69.4 Å². The summed E-state index contributed by atoms with van der Waals surface area (Å²) in [5.41, 5.74) is 4.01. The average Bonchev–Trinajstić information content (AvgIpc) is 3.27. The van der Waals surface area contributed by atoms with Crippen LogP contribution in [0.3, 0.4) is 0 Å². The van der Waals surface area contributed by atoms with E-state index < -0.39 is 41.2 Å². The van der Waals surface area contributed by atoms with Gasteiger partial charge in [-0.3, -0.25) is 9.59 Å². The van der Waals surface area contributed by atoms with Gasteiger partial charge in [0, 0.05) is 33.0 Å². The minimum absolute atomic E-state index is 0. The van der Waals surface area contributed by atoms with Gasteiger partial charge in [-0.2, -0.15) is 7.11 Å². The van der Waals surface area contributed by atoms with Crippen LogP contribution < -0.4 is 61.7 Å². The number of amides is 3. The fourth-order valence-corrected chi connectivity index (χ4v) is 8.48. The minimum atomic E-state index is -0.518. The Morgan fingerprint density at radius 2 is 0.707 bits per heavy atom. The van der Waals surface area contributed by atoms with Crippen LogP contribution in [0.4, 0.5) is 14.4 Å². The number of aliphatic hydroxyl groups excluding tert-OH is 4. The number of rotatable bonds is 6. The van der Waals surface area contributed by atoms with Gasteiger partial charge in [0.05, 0.1) is 36.4 Å². The number of hydrogen-bond acceptors (Lipinski definition) is 17. The first-order chi connectivity index (χ1) is 33.6. The predicted molar refractivity (Wildman–Crippen MR) is 290 cm³/mol. The van der Waals surface area contributed by atoms with Gasteiger partial charge in [-0.15, -0.1) is 24.8 Å². The smallest absolute Gasteiger partial charge is 0.857 e. The molecule has 20 nitrogen and oxygen atoms in total. The molecule has 23 heteroatoms. The first-order valence-corrected chi connectivity index (χ1v) is 26.2. The Bertz CT molecular complexity index is 1420. The Balaban J connectivity index is -0.000000272. The van der Waals surface area contributed by atoms with Crippen molar-refractivity contribution >= 4 is 55.0 Å². The largest absolute Gasteiger partial charge is 1.00 e. The Kier molecular flexibility index (Phi) is 49.0. The zero-order valence-corrected chi connectivity index (χ0v) is 52.2. The van der Waals surface area contributed by atoms with E-state index in [1.165, 1.54) is 33.1 Å². The Labute approximate surface area is 485 Å². The third kappa shape index (κ3) is 43.6. The standard InChI is InChI=1S/2C13H23NO4.C11H21NO3.C7H15NO.C6H13NO.CH4O.CH3O.2ClH.Na/c2*1-9(15)17-11-8-6-5-7-10(11)14-12(16)18-13(2,3)4;1-11(2,3)15-10(14)12-8-6-4-5-7-9(8)13;1-8-6-4-2-3-5-7(6)9;7-5-3-1-2-4-6(5)8;2*1-2;;;/h2*10-11H,5-8H2,1-4H3,(H,14,16);8-9,13H,4-7H2,1-3H3,(H,12,14);6-9H,2-5H2,1H3;5-6,8H,1-4,7H2;2H,1H3;1H3;2*1H;/q;;;;;;-1;;;+1/t2*10-,11-;8-,9-;6-,7-;5-,6-;;;;;/m10101...../s1. The summed E-state index contributed by atoms with van der Waals surface area (Å²) >= 11 is 0. The number of hydrogen-bond donors (Lipinski definition) is 9. The summed E-state index contributed by atoms with van der Waals surface area (Å²) in [6.07, 6.45) is 17.3. The van der Waals surface area contributed by atoms with E-state index in [0.717, 1.165) is 123 Å². The second-order valence-corrected chi connectivity index (χ2v) is 21.7. The summed E-state index contributed by atoms with van der Waals surface area (Å²) in [5, 5.41) is 54.7. The summed E-state index contributed by atoms with van der Waals surface area (Å²) in [6, 6.07) is -0.00824. The molecule has 3 amide bonds. The third-order valence-electron chi connectivity index (χ3n) is 11.8. The van der Waals surface area contributed by atoms with Gasteiger partial charge in [-0.25, -0.2) is 14.4 Å². The van der Waals surface area contributed by atoms with Crippen LogP contribution in [0.5, 0.6) is 0 Å². The fraction of sp³-hybridized carbons (Fsp3) is 0.904. The summed E-state index contributed by atoms with van der Waals surface area (Å²) in [6.45, 7) is 19.1. The van der Waals surface area contributed by atoms with E-state index in [1.54, 1.807) is 0 Å². The summed E-state index contributed by atoms with van der Waals surface area (Å²) in [7, 11) is 3.67. The molecule has 5 aliphatic rings. The quantitative estimate of drug-likeness (QED) is 0.104. The van der Waals surface area contributed by atoms with Crippen molar-refractivity contribution in [1.82, 2.24) is 21.3 Å². The first kappa shape index (κ1) is 81.9. The number of likely N-dealkylation sites (N-methyl/N-ethyl adjacent to an activating group) is 1. The second kappa shape index (κ2) is 44.9. The molecule has 0 aromatic rings. The van der Waals surface area contributed by atoms with Crippen LogP contribution >= 0.6 is 24.8 Å². The van der Waals surface area contributed by atoms with Crippen LogP contribution in [0, 0.1) is 0 Å². The maximum Gasteiger partial charge on any atom is 1.00 e. The molecule has 0 bridgehead atoms. The Hall–Kier alpha value is -1.95. The van der Waals surface area contributed by atoms with Crippen molar-refractivity contribution < 1.29 is 103 Å². The molecule has 0 unspecified atom stereocenters. The number of halogens is 2. The third-order valence-corrected chi connectivity index (χ3v) is 11.8. The van der Waals surface area contributed by atoms with Crippen molar-refractivity contribution in [3.05, 3.63) is 0 Å². The summed E-state index contributed by atoms with van der Waals surface area (Å²) in [5.74, 6) is -0.615. The molecule has 10 N–H and O–H groups in total. The van der Waals surface area contributed by atoms with Gasteiger partial charge >= 0.3 is 59.8 Å². The van der Waals surface area contributed by atoms with Crippen LogP contribution in [-0.4, -0.2) is 149 Å². The van der Waals surface area contributed by atoms with Gasteiger partial charge in [0.15, 0.2) is 0 Å². The van der Waals surface area contributed by atoms with Crippen LogP contribution in [-0.2, 0) is 33.3 Å². The van der Waals surface area contributed by atoms with Crippen molar-refractivity contribution in [2.24, 2.45) is 5.73 Å². The molecule has 0 aromatic carbocycles. The maximum absolute atomic E-state index is 11.7. The molecule has 0 aliphatic heterocycles. The molecule has 0 saturated heterocycles. The van der Waals surface area contributed by atoms with Gasteiger partial charge < -0.3 is 76.2 Å². The number of nitrogens with two attached hydrogens (primary N) is 1. The van der Waals surface area contributed by atoms with E-state index in [0.29, 0.717) is 6.04 Å². The molecule has 5 rings (SSSR count).